The number of carbonyl (C=O) groups excluding carboxylic acids is 1. The van der Waals surface area contributed by atoms with Crippen molar-refractivity contribution in [2.75, 3.05) is 11.9 Å². The number of ether oxygens (including phenoxy) is 1. The van der Waals surface area contributed by atoms with Gasteiger partial charge in [0.1, 0.15) is 5.75 Å². The molecule has 0 atom stereocenters. The second-order valence-corrected chi connectivity index (χ2v) is 7.08. The van der Waals surface area contributed by atoms with E-state index in [4.69, 9.17) is 4.74 Å². The van der Waals surface area contributed by atoms with Crippen molar-refractivity contribution in [2.45, 2.75) is 52.4 Å². The Morgan fingerprint density at radius 3 is 2.40 bits per heavy atom. The first-order valence-electron chi connectivity index (χ1n) is 9.01. The zero-order chi connectivity index (χ0) is 18.3. The minimum absolute atomic E-state index is 0.0259. The quantitative estimate of drug-likeness (QED) is 0.647. The van der Waals surface area contributed by atoms with Crippen LogP contribution in [0.4, 0.5) is 5.69 Å². The number of anilines is 1. The van der Waals surface area contributed by atoms with Crippen molar-refractivity contribution in [3.05, 3.63) is 59.7 Å². The molecule has 0 heterocycles. The Labute approximate surface area is 151 Å². The summed E-state index contributed by atoms with van der Waals surface area (Å²) in [5, 5.41) is 2.94. The Morgan fingerprint density at radius 2 is 1.76 bits per heavy atom. The first-order chi connectivity index (χ1) is 11.9. The van der Waals surface area contributed by atoms with Crippen LogP contribution in [0.1, 0.15) is 51.2 Å². The molecule has 0 bridgehead atoms. The maximum atomic E-state index is 12.0. The van der Waals surface area contributed by atoms with E-state index in [1.807, 2.05) is 43.3 Å². The van der Waals surface area contributed by atoms with Crippen molar-refractivity contribution in [1.82, 2.24) is 0 Å². The van der Waals surface area contributed by atoms with E-state index in [1.165, 1.54) is 5.56 Å². The highest BCUT2D eigenvalue weighted by Gasteiger charge is 2.17. The number of nitrogens with one attached hydrogen (secondary N) is 1. The van der Waals surface area contributed by atoms with E-state index in [2.05, 4.69) is 38.2 Å². The number of aryl methyl sites for hydroxylation is 1. The van der Waals surface area contributed by atoms with Crippen molar-refractivity contribution in [2.24, 2.45) is 0 Å². The van der Waals surface area contributed by atoms with Crippen molar-refractivity contribution in [3.63, 3.8) is 0 Å². The lowest BCUT2D eigenvalue weighted by atomic mass is 9.82. The number of hydrogen-bond acceptors (Lipinski definition) is 2. The molecule has 3 heteroatoms. The summed E-state index contributed by atoms with van der Waals surface area (Å²) in [5.74, 6) is 0.882. The van der Waals surface area contributed by atoms with Gasteiger partial charge in [-0.15, -0.1) is 0 Å². The summed E-state index contributed by atoms with van der Waals surface area (Å²) in [5.41, 5.74) is 3.45. The molecule has 134 valence electrons. The lowest BCUT2D eigenvalue weighted by molar-refractivity contribution is -0.116. The molecule has 0 radical (unpaired) electrons. The Bertz CT molecular complexity index is 689. The topological polar surface area (TPSA) is 38.3 Å². The molecule has 3 nitrogen and oxygen atoms in total. The van der Waals surface area contributed by atoms with E-state index in [1.54, 1.807) is 0 Å². The van der Waals surface area contributed by atoms with Gasteiger partial charge < -0.3 is 10.1 Å². The highest BCUT2D eigenvalue weighted by atomic mass is 16.5. The van der Waals surface area contributed by atoms with Crippen molar-refractivity contribution < 1.29 is 9.53 Å². The molecule has 0 saturated heterocycles. The van der Waals surface area contributed by atoms with Crippen molar-refractivity contribution >= 4 is 11.6 Å². The largest absolute Gasteiger partial charge is 0.494 e. The third kappa shape index (κ3) is 5.63. The molecular formula is C22H29NO2. The summed E-state index contributed by atoms with van der Waals surface area (Å²) in [4.78, 5) is 12.0. The average Bonchev–Trinajstić information content (AvgIpc) is 2.61. The molecule has 0 aromatic heterocycles. The number of carbonyl (C=O) groups is 1. The van der Waals surface area contributed by atoms with Crippen LogP contribution in [0.15, 0.2) is 48.5 Å². The summed E-state index contributed by atoms with van der Waals surface area (Å²) >= 11 is 0. The molecule has 2 aromatic rings. The lowest BCUT2D eigenvalue weighted by Crippen LogP contribution is -2.15. The maximum Gasteiger partial charge on any atom is 0.224 e. The maximum absolute atomic E-state index is 12.0. The first-order valence-corrected chi connectivity index (χ1v) is 9.01. The molecule has 2 aromatic carbocycles. The van der Waals surface area contributed by atoms with E-state index in [0.29, 0.717) is 19.4 Å². The highest BCUT2D eigenvalue weighted by molar-refractivity contribution is 5.91. The molecule has 1 N–H and O–H groups in total. The Kier molecular flexibility index (Phi) is 6.63. The van der Waals surface area contributed by atoms with Crippen LogP contribution < -0.4 is 10.1 Å². The minimum atomic E-state index is 0.0259. The third-order valence-corrected chi connectivity index (χ3v) is 4.76. The number of amides is 1. The fourth-order valence-electron chi connectivity index (χ4n) is 2.56. The van der Waals surface area contributed by atoms with E-state index < -0.39 is 0 Å². The highest BCUT2D eigenvalue weighted by Crippen LogP contribution is 2.28. The molecule has 0 aliphatic carbocycles. The van der Waals surface area contributed by atoms with Crippen LogP contribution in [0, 0.1) is 6.92 Å². The number of benzene rings is 2. The second-order valence-electron chi connectivity index (χ2n) is 7.08. The summed E-state index contributed by atoms with van der Waals surface area (Å²) in [7, 11) is 0. The molecule has 25 heavy (non-hydrogen) atoms. The average molecular weight is 339 g/mol. The molecule has 1 amide bonds. The van der Waals surface area contributed by atoms with Gasteiger partial charge in [0.15, 0.2) is 0 Å². The predicted octanol–water partition coefficient (Wildman–Crippen LogP) is 5.48. The van der Waals surface area contributed by atoms with Gasteiger partial charge in [0.2, 0.25) is 5.91 Å². The van der Waals surface area contributed by atoms with Crippen molar-refractivity contribution in [3.8, 4) is 5.75 Å². The molecule has 0 unspecified atom stereocenters. The zero-order valence-corrected chi connectivity index (χ0v) is 15.8. The molecule has 0 aliphatic heterocycles. The molecule has 0 fully saturated rings. The van der Waals surface area contributed by atoms with E-state index >= 15 is 0 Å². The minimum Gasteiger partial charge on any atom is -0.494 e. The van der Waals surface area contributed by atoms with E-state index in [9.17, 15) is 4.79 Å². The van der Waals surface area contributed by atoms with Gasteiger partial charge in [-0.25, -0.2) is 0 Å². The SMILES string of the molecule is CCC(C)(C)c1ccc(OCCCC(=O)Nc2ccccc2C)cc1. The van der Waals surface area contributed by atoms with Crippen LogP contribution in [0.3, 0.4) is 0 Å². The zero-order valence-electron chi connectivity index (χ0n) is 15.8. The van der Waals surface area contributed by atoms with Gasteiger partial charge in [-0.05, 0) is 54.5 Å². The summed E-state index contributed by atoms with van der Waals surface area (Å²) in [6, 6.07) is 16.1. The van der Waals surface area contributed by atoms with Gasteiger partial charge in [-0.2, -0.15) is 0 Å². The molecule has 2 rings (SSSR count). The summed E-state index contributed by atoms with van der Waals surface area (Å²) in [6.07, 6.45) is 2.25. The Morgan fingerprint density at radius 1 is 1.08 bits per heavy atom. The first kappa shape index (κ1) is 19.0. The number of hydrogen-bond donors (Lipinski definition) is 1. The normalized spacial score (nSPS) is 11.2. The van der Waals surface area contributed by atoms with Gasteiger partial charge in [0, 0.05) is 12.1 Å². The predicted molar refractivity (Wildman–Crippen MR) is 104 cm³/mol. The van der Waals surface area contributed by atoms with Gasteiger partial charge in [-0.1, -0.05) is 51.1 Å². The lowest BCUT2D eigenvalue weighted by Gasteiger charge is -2.23. The summed E-state index contributed by atoms with van der Waals surface area (Å²) in [6.45, 7) is 9.22. The molecule has 0 saturated carbocycles. The van der Waals surface area contributed by atoms with Crippen LogP contribution in [-0.2, 0) is 10.2 Å². The fraction of sp³-hybridized carbons (Fsp3) is 0.409. The van der Waals surface area contributed by atoms with Crippen LogP contribution in [0.2, 0.25) is 0 Å². The van der Waals surface area contributed by atoms with Crippen LogP contribution in [0.25, 0.3) is 0 Å². The molecule has 0 spiro atoms. The molecular weight excluding hydrogens is 310 g/mol. The van der Waals surface area contributed by atoms with Gasteiger partial charge in [0.25, 0.3) is 0 Å². The summed E-state index contributed by atoms with van der Waals surface area (Å²) < 4.78 is 5.75. The Balaban J connectivity index is 1.74. The van der Waals surface area contributed by atoms with Gasteiger partial charge >= 0.3 is 0 Å². The number of para-hydroxylation sites is 1. The Hall–Kier alpha value is -2.29. The van der Waals surface area contributed by atoms with Crippen molar-refractivity contribution in [1.29, 1.82) is 0 Å². The van der Waals surface area contributed by atoms with E-state index in [0.717, 1.165) is 23.4 Å². The van der Waals surface area contributed by atoms with E-state index in [-0.39, 0.29) is 11.3 Å². The standard InChI is InChI=1S/C22H29NO2/c1-5-22(3,4)18-12-14-19(15-13-18)25-16-8-11-21(24)23-20-10-7-6-9-17(20)2/h6-7,9-10,12-15H,5,8,11,16H2,1-4H3,(H,23,24). The third-order valence-electron chi connectivity index (χ3n) is 4.76. The number of rotatable bonds is 8. The van der Waals surface area contributed by atoms with Gasteiger partial charge in [0.05, 0.1) is 6.61 Å². The second kappa shape index (κ2) is 8.70. The van der Waals surface area contributed by atoms with Crippen LogP contribution in [0.5, 0.6) is 5.75 Å². The molecule has 0 aliphatic rings. The fourth-order valence-corrected chi connectivity index (χ4v) is 2.56. The van der Waals surface area contributed by atoms with Crippen LogP contribution >= 0.6 is 0 Å². The van der Waals surface area contributed by atoms with Crippen LogP contribution in [-0.4, -0.2) is 12.5 Å². The van der Waals surface area contributed by atoms with Gasteiger partial charge in [-0.3, -0.25) is 4.79 Å². The smallest absolute Gasteiger partial charge is 0.224 e. The monoisotopic (exact) mass is 339 g/mol.